The Kier molecular flexibility index (Phi) is 2.83. The molecule has 2 heterocycles. The van der Waals surface area contributed by atoms with Gasteiger partial charge in [0.15, 0.2) is 0 Å². The second-order valence-electron chi connectivity index (χ2n) is 4.44. The SMILES string of the molecule is Cc1c(N)cccc1Cn1cnc2ccsc2c1=O. The smallest absolute Gasteiger partial charge is 0.271 e. The van der Waals surface area contributed by atoms with E-state index in [4.69, 9.17) is 5.73 Å². The quantitative estimate of drug-likeness (QED) is 0.728. The van der Waals surface area contributed by atoms with E-state index in [-0.39, 0.29) is 5.56 Å². The van der Waals surface area contributed by atoms with Crippen molar-refractivity contribution in [2.24, 2.45) is 0 Å². The summed E-state index contributed by atoms with van der Waals surface area (Å²) in [7, 11) is 0. The van der Waals surface area contributed by atoms with Gasteiger partial charge in [-0.1, -0.05) is 12.1 Å². The van der Waals surface area contributed by atoms with E-state index < -0.39 is 0 Å². The summed E-state index contributed by atoms with van der Waals surface area (Å²) in [5.74, 6) is 0. The van der Waals surface area contributed by atoms with Crippen LogP contribution in [-0.4, -0.2) is 9.55 Å². The van der Waals surface area contributed by atoms with E-state index in [0.717, 1.165) is 22.3 Å². The summed E-state index contributed by atoms with van der Waals surface area (Å²) >= 11 is 1.43. The molecule has 0 fully saturated rings. The Labute approximate surface area is 114 Å². The van der Waals surface area contributed by atoms with E-state index >= 15 is 0 Å². The minimum atomic E-state index is 0.00169. The van der Waals surface area contributed by atoms with Gasteiger partial charge in [-0.3, -0.25) is 9.36 Å². The van der Waals surface area contributed by atoms with Gasteiger partial charge in [-0.25, -0.2) is 4.98 Å². The number of nitrogen functional groups attached to an aromatic ring is 1. The molecule has 19 heavy (non-hydrogen) atoms. The van der Waals surface area contributed by atoms with Crippen molar-refractivity contribution in [2.45, 2.75) is 13.5 Å². The van der Waals surface area contributed by atoms with Crippen LogP contribution in [0.15, 0.2) is 40.8 Å². The van der Waals surface area contributed by atoms with Gasteiger partial charge in [0.05, 0.1) is 18.4 Å². The molecule has 3 rings (SSSR count). The zero-order valence-corrected chi connectivity index (χ0v) is 11.3. The van der Waals surface area contributed by atoms with E-state index in [9.17, 15) is 4.79 Å². The number of rotatable bonds is 2. The highest BCUT2D eigenvalue weighted by Crippen LogP contribution is 2.17. The van der Waals surface area contributed by atoms with Crippen LogP contribution in [0, 0.1) is 6.92 Å². The number of thiophene rings is 1. The molecule has 3 aromatic rings. The molecule has 0 unspecified atom stereocenters. The lowest BCUT2D eigenvalue weighted by atomic mass is 10.1. The average Bonchev–Trinajstić information content (AvgIpc) is 2.87. The van der Waals surface area contributed by atoms with E-state index in [1.807, 2.05) is 36.6 Å². The molecule has 2 N–H and O–H groups in total. The van der Waals surface area contributed by atoms with Crippen molar-refractivity contribution in [1.29, 1.82) is 0 Å². The van der Waals surface area contributed by atoms with Gasteiger partial charge in [-0.15, -0.1) is 11.3 Å². The fourth-order valence-corrected chi connectivity index (χ4v) is 2.84. The lowest BCUT2D eigenvalue weighted by Gasteiger charge is -2.10. The van der Waals surface area contributed by atoms with Crippen LogP contribution < -0.4 is 11.3 Å². The van der Waals surface area contributed by atoms with Gasteiger partial charge in [-0.2, -0.15) is 0 Å². The van der Waals surface area contributed by atoms with Crippen molar-refractivity contribution in [3.63, 3.8) is 0 Å². The third kappa shape index (κ3) is 2.02. The maximum absolute atomic E-state index is 12.3. The van der Waals surface area contributed by atoms with E-state index in [0.29, 0.717) is 11.2 Å². The summed E-state index contributed by atoms with van der Waals surface area (Å²) in [6.45, 7) is 2.46. The first-order valence-electron chi connectivity index (χ1n) is 5.93. The van der Waals surface area contributed by atoms with Crippen LogP contribution in [0.25, 0.3) is 10.2 Å². The number of fused-ring (bicyclic) bond motifs is 1. The molecule has 0 amide bonds. The molecule has 0 saturated heterocycles. The third-order valence-electron chi connectivity index (χ3n) is 3.26. The van der Waals surface area contributed by atoms with Gasteiger partial charge < -0.3 is 5.73 Å². The van der Waals surface area contributed by atoms with Crippen molar-refractivity contribution in [3.8, 4) is 0 Å². The van der Waals surface area contributed by atoms with Gasteiger partial charge in [-0.05, 0) is 35.6 Å². The maximum atomic E-state index is 12.3. The molecule has 0 spiro atoms. The number of anilines is 1. The van der Waals surface area contributed by atoms with E-state index in [1.165, 1.54) is 11.3 Å². The minimum Gasteiger partial charge on any atom is -0.399 e. The monoisotopic (exact) mass is 271 g/mol. The van der Waals surface area contributed by atoms with Gasteiger partial charge in [0, 0.05) is 5.69 Å². The Morgan fingerprint density at radius 3 is 3.05 bits per heavy atom. The predicted octanol–water partition coefficient (Wildman–Crippen LogP) is 2.40. The molecule has 5 heteroatoms. The van der Waals surface area contributed by atoms with Crippen molar-refractivity contribution < 1.29 is 0 Å². The van der Waals surface area contributed by atoms with Gasteiger partial charge in [0.2, 0.25) is 0 Å². The van der Waals surface area contributed by atoms with Gasteiger partial charge in [0.25, 0.3) is 5.56 Å². The van der Waals surface area contributed by atoms with Crippen molar-refractivity contribution in [1.82, 2.24) is 9.55 Å². The van der Waals surface area contributed by atoms with Crippen LogP contribution in [0.4, 0.5) is 5.69 Å². The fourth-order valence-electron chi connectivity index (χ4n) is 2.05. The number of hydrogen-bond donors (Lipinski definition) is 1. The Hall–Kier alpha value is -2.14. The summed E-state index contributed by atoms with van der Waals surface area (Å²) < 4.78 is 2.32. The van der Waals surface area contributed by atoms with Gasteiger partial charge in [0.1, 0.15) is 4.70 Å². The predicted molar refractivity (Wildman–Crippen MR) is 78.6 cm³/mol. The summed E-state index contributed by atoms with van der Waals surface area (Å²) in [4.78, 5) is 16.6. The lowest BCUT2D eigenvalue weighted by Crippen LogP contribution is -2.20. The first-order valence-corrected chi connectivity index (χ1v) is 6.81. The molecule has 2 aromatic heterocycles. The summed E-state index contributed by atoms with van der Waals surface area (Å²) in [6.07, 6.45) is 1.60. The van der Waals surface area contributed by atoms with Crippen LogP contribution in [0.2, 0.25) is 0 Å². The second-order valence-corrected chi connectivity index (χ2v) is 5.36. The minimum absolute atomic E-state index is 0.00169. The number of aromatic nitrogens is 2. The Balaban J connectivity index is 2.08. The van der Waals surface area contributed by atoms with E-state index in [1.54, 1.807) is 10.9 Å². The number of nitrogens with two attached hydrogens (primary N) is 1. The topological polar surface area (TPSA) is 60.9 Å². The molecule has 0 atom stereocenters. The zero-order valence-electron chi connectivity index (χ0n) is 10.5. The van der Waals surface area contributed by atoms with E-state index in [2.05, 4.69) is 4.98 Å². The highest BCUT2D eigenvalue weighted by atomic mass is 32.1. The fraction of sp³-hybridized carbons (Fsp3) is 0.143. The number of hydrogen-bond acceptors (Lipinski definition) is 4. The Morgan fingerprint density at radius 1 is 1.37 bits per heavy atom. The first kappa shape index (κ1) is 11.9. The third-order valence-corrected chi connectivity index (χ3v) is 4.16. The highest BCUT2D eigenvalue weighted by molar-refractivity contribution is 7.17. The highest BCUT2D eigenvalue weighted by Gasteiger charge is 2.07. The normalized spacial score (nSPS) is 11.0. The molecule has 0 saturated carbocycles. The van der Waals surface area contributed by atoms with Gasteiger partial charge >= 0.3 is 0 Å². The van der Waals surface area contributed by atoms with Crippen LogP contribution in [0.5, 0.6) is 0 Å². The zero-order chi connectivity index (χ0) is 13.4. The summed E-state index contributed by atoms with van der Waals surface area (Å²) in [5, 5.41) is 1.88. The second kappa shape index (κ2) is 4.51. The molecular formula is C14H13N3OS. The first-order chi connectivity index (χ1) is 9.16. The van der Waals surface area contributed by atoms with Crippen molar-refractivity contribution in [3.05, 3.63) is 57.5 Å². The van der Waals surface area contributed by atoms with Crippen LogP contribution in [0.1, 0.15) is 11.1 Å². The maximum Gasteiger partial charge on any atom is 0.271 e. The molecule has 0 aliphatic carbocycles. The number of benzene rings is 1. The lowest BCUT2D eigenvalue weighted by molar-refractivity contribution is 0.746. The summed E-state index contributed by atoms with van der Waals surface area (Å²) in [6, 6.07) is 7.61. The average molecular weight is 271 g/mol. The molecular weight excluding hydrogens is 258 g/mol. The van der Waals surface area contributed by atoms with Crippen molar-refractivity contribution >= 4 is 27.2 Å². The molecule has 96 valence electrons. The van der Waals surface area contributed by atoms with Crippen molar-refractivity contribution in [2.75, 3.05) is 5.73 Å². The number of nitrogens with zero attached hydrogens (tertiary/aromatic N) is 2. The molecule has 4 nitrogen and oxygen atoms in total. The molecule has 0 aliphatic rings. The molecule has 1 aromatic carbocycles. The Morgan fingerprint density at radius 2 is 2.21 bits per heavy atom. The van der Waals surface area contributed by atoms with Crippen LogP contribution in [0.3, 0.4) is 0 Å². The Bertz CT molecular complexity index is 804. The van der Waals surface area contributed by atoms with Crippen LogP contribution >= 0.6 is 11.3 Å². The standard InChI is InChI=1S/C14H13N3OS/c1-9-10(3-2-4-11(9)15)7-17-8-16-12-5-6-19-13(12)14(17)18/h2-6,8H,7,15H2,1H3. The summed E-state index contributed by atoms with van der Waals surface area (Å²) in [5.41, 5.74) is 9.45. The molecule has 0 radical (unpaired) electrons. The van der Waals surface area contributed by atoms with Crippen LogP contribution in [-0.2, 0) is 6.54 Å². The molecule has 0 aliphatic heterocycles. The largest absolute Gasteiger partial charge is 0.399 e. The molecule has 0 bridgehead atoms.